The second-order valence-electron chi connectivity index (χ2n) is 3.84. The van der Waals surface area contributed by atoms with Crippen LogP contribution in [0.4, 0.5) is 5.69 Å². The van der Waals surface area contributed by atoms with Crippen molar-refractivity contribution in [3.63, 3.8) is 0 Å². The maximum Gasteiger partial charge on any atom is 0.0736 e. The quantitative estimate of drug-likeness (QED) is 0.806. The molecule has 1 heterocycles. The number of anilines is 1. The Bertz CT molecular complexity index is 452. The number of benzene rings is 1. The summed E-state index contributed by atoms with van der Waals surface area (Å²) in [4.78, 5) is 0. The van der Waals surface area contributed by atoms with Gasteiger partial charge in [0.25, 0.3) is 0 Å². The van der Waals surface area contributed by atoms with Gasteiger partial charge in [0.15, 0.2) is 0 Å². The normalized spacial score (nSPS) is 10.5. The van der Waals surface area contributed by atoms with Crippen molar-refractivity contribution in [2.45, 2.75) is 13.3 Å². The van der Waals surface area contributed by atoms with Crippen LogP contribution in [0, 0.1) is 6.92 Å². The zero-order chi connectivity index (χ0) is 10.8. The Morgan fingerprint density at radius 2 is 2.20 bits per heavy atom. The second-order valence-corrected chi connectivity index (χ2v) is 3.84. The number of rotatable bonds is 2. The molecule has 0 saturated carbocycles. The lowest BCUT2D eigenvalue weighted by atomic mass is 10.1. The maximum atomic E-state index is 5.84. The number of nitrogen functional groups attached to an aromatic ring is 1. The lowest BCUT2D eigenvalue weighted by Crippen LogP contribution is -2.01. The monoisotopic (exact) mass is 201 g/mol. The summed E-state index contributed by atoms with van der Waals surface area (Å²) in [5.74, 6) is 0. The van der Waals surface area contributed by atoms with Gasteiger partial charge in [0.2, 0.25) is 0 Å². The van der Waals surface area contributed by atoms with E-state index < -0.39 is 0 Å². The van der Waals surface area contributed by atoms with Gasteiger partial charge >= 0.3 is 0 Å². The van der Waals surface area contributed by atoms with Crippen LogP contribution in [0.3, 0.4) is 0 Å². The van der Waals surface area contributed by atoms with Gasteiger partial charge in [-0.25, -0.2) is 0 Å². The third kappa shape index (κ3) is 2.01. The molecule has 78 valence electrons. The number of nitrogens with zero attached hydrogens (tertiary/aromatic N) is 2. The molecule has 15 heavy (non-hydrogen) atoms. The molecular formula is C12H15N3. The Hall–Kier alpha value is -1.77. The molecule has 3 nitrogen and oxygen atoms in total. The predicted octanol–water partition coefficient (Wildman–Crippen LogP) is 1.90. The van der Waals surface area contributed by atoms with Crippen LogP contribution in [-0.4, -0.2) is 9.78 Å². The molecule has 2 rings (SSSR count). The first-order valence-corrected chi connectivity index (χ1v) is 4.98. The highest BCUT2D eigenvalue weighted by atomic mass is 15.3. The predicted molar refractivity (Wildman–Crippen MR) is 61.6 cm³/mol. The van der Waals surface area contributed by atoms with Crippen molar-refractivity contribution in [3.8, 4) is 0 Å². The van der Waals surface area contributed by atoms with Gasteiger partial charge in [-0.05, 0) is 12.5 Å². The Labute approximate surface area is 89.5 Å². The fourth-order valence-corrected chi connectivity index (χ4v) is 1.71. The van der Waals surface area contributed by atoms with Gasteiger partial charge < -0.3 is 5.73 Å². The minimum atomic E-state index is 0.763. The van der Waals surface area contributed by atoms with E-state index in [1.165, 1.54) is 11.1 Å². The summed E-state index contributed by atoms with van der Waals surface area (Å²) in [6.45, 7) is 2.09. The molecule has 0 atom stereocenters. The lowest BCUT2D eigenvalue weighted by molar-refractivity contribution is 0.725. The van der Waals surface area contributed by atoms with E-state index in [1.807, 2.05) is 11.7 Å². The number of aryl methyl sites for hydroxylation is 2. The Kier molecular flexibility index (Phi) is 2.46. The lowest BCUT2D eigenvalue weighted by Gasteiger charge is -2.04. The number of aromatic nitrogens is 2. The molecule has 0 spiro atoms. The van der Waals surface area contributed by atoms with Crippen LogP contribution >= 0.6 is 0 Å². The van der Waals surface area contributed by atoms with E-state index in [1.54, 1.807) is 6.20 Å². The standard InChI is InChI=1S/C12H15N3/c1-9-4-3-5-10(6-9)7-12-11(13)8-14-15(12)2/h3-6,8H,7,13H2,1-2H3. The first-order chi connectivity index (χ1) is 7.16. The van der Waals surface area contributed by atoms with Crippen LogP contribution in [0.5, 0.6) is 0 Å². The van der Waals surface area contributed by atoms with Crippen molar-refractivity contribution >= 4 is 5.69 Å². The molecule has 0 radical (unpaired) electrons. The van der Waals surface area contributed by atoms with Crippen LogP contribution in [-0.2, 0) is 13.5 Å². The van der Waals surface area contributed by atoms with E-state index in [0.717, 1.165) is 17.8 Å². The molecule has 0 aliphatic rings. The molecule has 0 unspecified atom stereocenters. The molecule has 0 saturated heterocycles. The third-order valence-electron chi connectivity index (χ3n) is 2.55. The molecule has 3 heteroatoms. The van der Waals surface area contributed by atoms with Crippen molar-refractivity contribution in [2.75, 3.05) is 5.73 Å². The van der Waals surface area contributed by atoms with Crippen molar-refractivity contribution in [1.82, 2.24) is 9.78 Å². The molecule has 1 aromatic carbocycles. The minimum absolute atomic E-state index is 0.763. The van der Waals surface area contributed by atoms with Gasteiger partial charge in [0, 0.05) is 13.5 Å². The summed E-state index contributed by atoms with van der Waals surface area (Å²) in [6.07, 6.45) is 2.54. The van der Waals surface area contributed by atoms with Gasteiger partial charge in [0.05, 0.1) is 17.6 Å². The van der Waals surface area contributed by atoms with Crippen molar-refractivity contribution in [1.29, 1.82) is 0 Å². The minimum Gasteiger partial charge on any atom is -0.396 e. The van der Waals surface area contributed by atoms with Gasteiger partial charge in [-0.2, -0.15) is 5.10 Å². The van der Waals surface area contributed by atoms with Crippen LogP contribution < -0.4 is 5.73 Å². The Morgan fingerprint density at radius 1 is 1.40 bits per heavy atom. The molecule has 0 fully saturated rings. The largest absolute Gasteiger partial charge is 0.396 e. The van der Waals surface area contributed by atoms with E-state index in [0.29, 0.717) is 0 Å². The summed E-state index contributed by atoms with van der Waals surface area (Å²) in [7, 11) is 1.92. The average molecular weight is 201 g/mol. The van der Waals surface area contributed by atoms with Crippen molar-refractivity contribution in [2.24, 2.45) is 7.05 Å². The Balaban J connectivity index is 2.29. The number of hydrogen-bond acceptors (Lipinski definition) is 2. The van der Waals surface area contributed by atoms with Gasteiger partial charge in [-0.3, -0.25) is 4.68 Å². The fraction of sp³-hybridized carbons (Fsp3) is 0.250. The highest BCUT2D eigenvalue weighted by Gasteiger charge is 2.05. The SMILES string of the molecule is Cc1cccc(Cc2c(N)cnn2C)c1. The first-order valence-electron chi connectivity index (χ1n) is 4.98. The highest BCUT2D eigenvalue weighted by Crippen LogP contribution is 2.15. The zero-order valence-electron chi connectivity index (χ0n) is 9.07. The average Bonchev–Trinajstić information content (AvgIpc) is 2.50. The van der Waals surface area contributed by atoms with Crippen LogP contribution in [0.2, 0.25) is 0 Å². The summed E-state index contributed by atoms with van der Waals surface area (Å²) < 4.78 is 1.83. The summed E-state index contributed by atoms with van der Waals surface area (Å²) >= 11 is 0. The van der Waals surface area contributed by atoms with Crippen molar-refractivity contribution in [3.05, 3.63) is 47.3 Å². The van der Waals surface area contributed by atoms with Gasteiger partial charge in [-0.15, -0.1) is 0 Å². The van der Waals surface area contributed by atoms with Crippen molar-refractivity contribution < 1.29 is 0 Å². The summed E-state index contributed by atoms with van der Waals surface area (Å²) in [5.41, 5.74) is 10.2. The van der Waals surface area contributed by atoms with E-state index >= 15 is 0 Å². The zero-order valence-corrected chi connectivity index (χ0v) is 9.07. The molecule has 0 aliphatic heterocycles. The second kappa shape index (κ2) is 3.77. The molecular weight excluding hydrogens is 186 g/mol. The summed E-state index contributed by atoms with van der Waals surface area (Å²) in [6, 6.07) is 8.44. The molecule has 2 aromatic rings. The van der Waals surface area contributed by atoms with E-state index in [9.17, 15) is 0 Å². The molecule has 0 amide bonds. The van der Waals surface area contributed by atoms with Crippen LogP contribution in [0.25, 0.3) is 0 Å². The third-order valence-corrected chi connectivity index (χ3v) is 2.55. The maximum absolute atomic E-state index is 5.84. The van der Waals surface area contributed by atoms with E-state index in [4.69, 9.17) is 5.73 Å². The van der Waals surface area contributed by atoms with Gasteiger partial charge in [-0.1, -0.05) is 29.8 Å². The van der Waals surface area contributed by atoms with Crippen LogP contribution in [0.15, 0.2) is 30.5 Å². The highest BCUT2D eigenvalue weighted by molar-refractivity contribution is 5.43. The molecule has 0 aliphatic carbocycles. The molecule has 1 aromatic heterocycles. The van der Waals surface area contributed by atoms with Crippen LogP contribution in [0.1, 0.15) is 16.8 Å². The van der Waals surface area contributed by atoms with E-state index in [2.05, 4.69) is 36.3 Å². The topological polar surface area (TPSA) is 43.8 Å². The Morgan fingerprint density at radius 3 is 2.80 bits per heavy atom. The smallest absolute Gasteiger partial charge is 0.0736 e. The first kappa shape index (κ1) is 9.77. The van der Waals surface area contributed by atoms with E-state index in [-0.39, 0.29) is 0 Å². The molecule has 0 bridgehead atoms. The summed E-state index contributed by atoms with van der Waals surface area (Å²) in [5, 5.41) is 4.13. The van der Waals surface area contributed by atoms with Gasteiger partial charge in [0.1, 0.15) is 0 Å². The molecule has 2 N–H and O–H groups in total. The number of nitrogens with two attached hydrogens (primary N) is 1. The number of hydrogen-bond donors (Lipinski definition) is 1. The fourth-order valence-electron chi connectivity index (χ4n) is 1.71.